The summed E-state index contributed by atoms with van der Waals surface area (Å²) in [4.78, 5) is 12.9. The van der Waals surface area contributed by atoms with Gasteiger partial charge in [-0.15, -0.1) is 0 Å². The lowest BCUT2D eigenvalue weighted by molar-refractivity contribution is 0.468. The highest BCUT2D eigenvalue weighted by atomic mass is 35.5. The van der Waals surface area contributed by atoms with Crippen LogP contribution in [-0.4, -0.2) is 60.5 Å². The van der Waals surface area contributed by atoms with Gasteiger partial charge in [-0.1, -0.05) is 29.8 Å². The third-order valence-electron chi connectivity index (χ3n) is 5.30. The van der Waals surface area contributed by atoms with E-state index in [0.717, 1.165) is 36.6 Å². The van der Waals surface area contributed by atoms with Crippen LogP contribution in [0.4, 0.5) is 11.8 Å². The highest BCUT2D eigenvalue weighted by Crippen LogP contribution is 2.33. The number of benzene rings is 1. The molecule has 1 aromatic carbocycles. The largest absolute Gasteiger partial charge is 0.344 e. The average Bonchev–Trinajstić information content (AvgIpc) is 3.00. The van der Waals surface area contributed by atoms with Crippen LogP contribution >= 0.6 is 11.6 Å². The molecule has 0 amide bonds. The summed E-state index contributed by atoms with van der Waals surface area (Å²) in [5.41, 5.74) is 8.04. The Morgan fingerprint density at radius 3 is 2.76 bits per heavy atom. The molecule has 1 atom stereocenters. The van der Waals surface area contributed by atoms with Gasteiger partial charge in [0.15, 0.2) is 5.82 Å². The van der Waals surface area contributed by atoms with E-state index < -0.39 is 9.84 Å². The molecule has 8 nitrogen and oxygen atoms in total. The first-order valence-electron chi connectivity index (χ1n) is 9.57. The molecule has 3 heterocycles. The quantitative estimate of drug-likeness (QED) is 0.790. The summed E-state index contributed by atoms with van der Waals surface area (Å²) in [6.07, 6.45) is 3.14. The number of aliphatic imine (C=N–C) groups is 1. The Morgan fingerprint density at radius 2 is 2.07 bits per heavy atom. The molecular formula is C19H25ClN6O2S. The minimum atomic E-state index is -3.45. The van der Waals surface area contributed by atoms with E-state index in [0.29, 0.717) is 30.5 Å². The minimum absolute atomic E-state index is 0.0364. The molecule has 2 aliphatic rings. The maximum Gasteiger partial charge on any atom is 0.225 e. The van der Waals surface area contributed by atoms with Gasteiger partial charge in [0.05, 0.1) is 18.8 Å². The van der Waals surface area contributed by atoms with Crippen molar-refractivity contribution < 1.29 is 8.42 Å². The molecule has 2 aromatic rings. The molecule has 2 aliphatic heterocycles. The molecule has 156 valence electrons. The van der Waals surface area contributed by atoms with E-state index in [4.69, 9.17) is 22.3 Å². The average molecular weight is 437 g/mol. The van der Waals surface area contributed by atoms with Gasteiger partial charge < -0.3 is 20.1 Å². The van der Waals surface area contributed by atoms with E-state index in [1.165, 1.54) is 6.26 Å². The van der Waals surface area contributed by atoms with E-state index in [1.807, 2.05) is 24.3 Å². The third kappa shape index (κ3) is 3.99. The standard InChI is InChI=1S/C19H25ClN6O2S/c1-24-12-16-17(23-19(24)29(2,27)28)22-18(25-9-5-7-14(21)11-25)26(16)10-13-6-3-4-8-15(13)20/h3-4,6,8,14H,5,7,9-12,21H2,1-2H3/t14-/m1/s1. The fourth-order valence-corrected chi connectivity index (χ4v) is 5.02. The highest BCUT2D eigenvalue weighted by Gasteiger charge is 2.31. The lowest BCUT2D eigenvalue weighted by Gasteiger charge is -2.32. The van der Waals surface area contributed by atoms with Crippen molar-refractivity contribution in [3.63, 3.8) is 0 Å². The molecule has 1 fully saturated rings. The number of rotatable bonds is 3. The van der Waals surface area contributed by atoms with Gasteiger partial charge in [-0.3, -0.25) is 0 Å². The summed E-state index contributed by atoms with van der Waals surface area (Å²) in [5, 5.41) is 0.718. The highest BCUT2D eigenvalue weighted by molar-refractivity contribution is 8.05. The molecule has 1 saturated heterocycles. The molecule has 0 spiro atoms. The van der Waals surface area contributed by atoms with Gasteiger partial charge in [-0.2, -0.15) is 9.98 Å². The molecule has 29 heavy (non-hydrogen) atoms. The maximum absolute atomic E-state index is 12.1. The van der Waals surface area contributed by atoms with Crippen LogP contribution < -0.4 is 10.6 Å². The molecule has 0 saturated carbocycles. The van der Waals surface area contributed by atoms with Crippen LogP contribution in [0.2, 0.25) is 5.02 Å². The lowest BCUT2D eigenvalue weighted by Crippen LogP contribution is -2.44. The number of nitrogens with zero attached hydrogens (tertiary/aromatic N) is 5. The van der Waals surface area contributed by atoms with Crippen LogP contribution in [0, 0.1) is 0 Å². The SMILES string of the molecule is CN1Cc2c(nc(N3CCC[C@@H](N)C3)n2Cc2ccccc2Cl)N=C1S(C)(=O)=O. The molecule has 4 rings (SSSR count). The summed E-state index contributed by atoms with van der Waals surface area (Å²) in [6, 6.07) is 7.79. The zero-order chi connectivity index (χ0) is 20.8. The lowest BCUT2D eigenvalue weighted by atomic mass is 10.1. The van der Waals surface area contributed by atoms with E-state index in [-0.39, 0.29) is 11.2 Å². The molecule has 1 aromatic heterocycles. The molecular weight excluding hydrogens is 412 g/mol. The number of nitrogens with two attached hydrogens (primary N) is 1. The first kappa shape index (κ1) is 20.2. The van der Waals surface area contributed by atoms with Crippen molar-refractivity contribution in [3.8, 4) is 0 Å². The normalized spacial score (nSPS) is 19.9. The molecule has 10 heteroatoms. The van der Waals surface area contributed by atoms with Crippen LogP contribution in [0.1, 0.15) is 24.1 Å². The minimum Gasteiger partial charge on any atom is -0.344 e. The second-order valence-corrected chi connectivity index (χ2v) is 10.0. The fraction of sp³-hybridized carbons (Fsp3) is 0.474. The summed E-state index contributed by atoms with van der Waals surface area (Å²) in [6.45, 7) is 2.49. The number of fused-ring (bicyclic) bond motifs is 1. The van der Waals surface area contributed by atoms with E-state index in [2.05, 4.69) is 14.5 Å². The smallest absolute Gasteiger partial charge is 0.225 e. The second kappa shape index (κ2) is 7.62. The van der Waals surface area contributed by atoms with Crippen LogP contribution in [0.15, 0.2) is 29.3 Å². The number of sulfone groups is 1. The van der Waals surface area contributed by atoms with Gasteiger partial charge in [-0.25, -0.2) is 8.42 Å². The van der Waals surface area contributed by atoms with Gasteiger partial charge in [-0.05, 0) is 24.5 Å². The number of piperidine rings is 1. The second-order valence-electron chi connectivity index (χ2n) is 7.73. The summed E-state index contributed by atoms with van der Waals surface area (Å²) in [7, 11) is -1.72. The first-order valence-corrected chi connectivity index (χ1v) is 11.8. The van der Waals surface area contributed by atoms with E-state index in [1.54, 1.807) is 11.9 Å². The van der Waals surface area contributed by atoms with Crippen molar-refractivity contribution in [2.75, 3.05) is 31.3 Å². The number of hydrogen-bond donors (Lipinski definition) is 1. The number of halogens is 1. The van der Waals surface area contributed by atoms with Crippen LogP contribution in [0.3, 0.4) is 0 Å². The van der Waals surface area contributed by atoms with Crippen LogP contribution in [0.25, 0.3) is 0 Å². The Bertz CT molecular complexity index is 1060. The summed E-state index contributed by atoms with van der Waals surface area (Å²) < 4.78 is 26.3. The topological polar surface area (TPSA) is 96.8 Å². The van der Waals surface area contributed by atoms with Crippen LogP contribution in [0.5, 0.6) is 0 Å². The molecule has 0 bridgehead atoms. The Labute approximate surface area is 175 Å². The zero-order valence-corrected chi connectivity index (χ0v) is 18.1. The number of amidine groups is 1. The molecule has 0 radical (unpaired) electrons. The number of aromatic nitrogens is 2. The van der Waals surface area contributed by atoms with Crippen molar-refractivity contribution in [1.82, 2.24) is 14.5 Å². The van der Waals surface area contributed by atoms with Crippen LogP contribution in [-0.2, 0) is 22.9 Å². The number of anilines is 1. The van der Waals surface area contributed by atoms with E-state index in [9.17, 15) is 8.42 Å². The molecule has 0 unspecified atom stereocenters. The Balaban J connectivity index is 1.83. The monoisotopic (exact) mass is 436 g/mol. The summed E-state index contributed by atoms with van der Waals surface area (Å²) in [5.74, 6) is 1.21. The number of imidazole rings is 1. The predicted octanol–water partition coefficient (Wildman–Crippen LogP) is 1.99. The van der Waals surface area contributed by atoms with Gasteiger partial charge in [0.2, 0.25) is 21.0 Å². The third-order valence-corrected chi connectivity index (χ3v) is 6.74. The van der Waals surface area contributed by atoms with Gasteiger partial charge in [0.1, 0.15) is 0 Å². The zero-order valence-electron chi connectivity index (χ0n) is 16.5. The van der Waals surface area contributed by atoms with Crippen molar-refractivity contribution >= 4 is 38.4 Å². The molecule has 0 aliphatic carbocycles. The van der Waals surface area contributed by atoms with Gasteiger partial charge >= 0.3 is 0 Å². The first-order chi connectivity index (χ1) is 13.7. The Morgan fingerprint density at radius 1 is 1.31 bits per heavy atom. The molecule has 2 N–H and O–H groups in total. The van der Waals surface area contributed by atoms with Crippen molar-refractivity contribution in [1.29, 1.82) is 0 Å². The van der Waals surface area contributed by atoms with Gasteiger partial charge in [0.25, 0.3) is 0 Å². The fourth-order valence-electron chi connectivity index (χ4n) is 3.94. The number of hydrogen-bond acceptors (Lipinski definition) is 7. The summed E-state index contributed by atoms with van der Waals surface area (Å²) >= 11 is 6.41. The predicted molar refractivity (Wildman–Crippen MR) is 116 cm³/mol. The van der Waals surface area contributed by atoms with Gasteiger partial charge in [0, 0.05) is 37.5 Å². The van der Waals surface area contributed by atoms with Crippen molar-refractivity contribution in [3.05, 3.63) is 40.5 Å². The Hall–Kier alpha value is -2.10. The van der Waals surface area contributed by atoms with E-state index >= 15 is 0 Å². The maximum atomic E-state index is 12.1. The Kier molecular flexibility index (Phi) is 5.30. The van der Waals surface area contributed by atoms with Crippen molar-refractivity contribution in [2.24, 2.45) is 10.7 Å². The van der Waals surface area contributed by atoms with Crippen molar-refractivity contribution in [2.45, 2.75) is 32.0 Å².